The van der Waals surface area contributed by atoms with E-state index in [2.05, 4.69) is 4.98 Å². The van der Waals surface area contributed by atoms with Crippen molar-refractivity contribution in [3.05, 3.63) is 87.6 Å². The second-order valence-corrected chi connectivity index (χ2v) is 7.34. The Kier molecular flexibility index (Phi) is 7.04. The van der Waals surface area contributed by atoms with Gasteiger partial charge in [-0.05, 0) is 30.3 Å². The summed E-state index contributed by atoms with van der Waals surface area (Å²) in [5.74, 6) is -1.13. The molecular formula is C21H14Cl2FNO3S. The third-order valence-corrected chi connectivity index (χ3v) is 5.26. The Morgan fingerprint density at radius 1 is 1.14 bits per heavy atom. The van der Waals surface area contributed by atoms with E-state index in [0.29, 0.717) is 26.4 Å². The Morgan fingerprint density at radius 3 is 2.59 bits per heavy atom. The van der Waals surface area contributed by atoms with Crippen molar-refractivity contribution in [3.63, 3.8) is 0 Å². The first-order valence-corrected chi connectivity index (χ1v) is 9.90. The number of para-hydroxylation sites is 1. The molecule has 0 amide bonds. The fourth-order valence-corrected chi connectivity index (χ4v) is 3.38. The van der Waals surface area contributed by atoms with E-state index in [1.807, 2.05) is 0 Å². The first-order chi connectivity index (χ1) is 14.0. The van der Waals surface area contributed by atoms with E-state index in [1.165, 1.54) is 23.8 Å². The van der Waals surface area contributed by atoms with Crippen LogP contribution >= 0.6 is 34.5 Å². The van der Waals surface area contributed by atoms with Gasteiger partial charge in [-0.2, -0.15) is 0 Å². The van der Waals surface area contributed by atoms with E-state index in [4.69, 9.17) is 32.7 Å². The number of aromatic nitrogens is 1. The average molecular weight is 450 g/mol. The van der Waals surface area contributed by atoms with Crippen LogP contribution in [0.15, 0.2) is 71.8 Å². The number of ether oxygens (including phenoxy) is 2. The van der Waals surface area contributed by atoms with Crippen LogP contribution in [0.2, 0.25) is 10.0 Å². The summed E-state index contributed by atoms with van der Waals surface area (Å²) in [5.41, 5.74) is 0.683. The highest BCUT2D eigenvalue weighted by molar-refractivity contribution is 7.13. The van der Waals surface area contributed by atoms with Gasteiger partial charge >= 0.3 is 5.97 Å². The van der Waals surface area contributed by atoms with Crippen molar-refractivity contribution < 1.29 is 18.7 Å². The zero-order valence-electron chi connectivity index (χ0n) is 15.1. The maximum atomic E-state index is 14.7. The molecule has 3 aromatic rings. The molecule has 4 nitrogen and oxygen atoms in total. The van der Waals surface area contributed by atoms with Gasteiger partial charge in [-0.15, -0.1) is 11.3 Å². The number of carbonyl (C=O) groups excluding carboxylic acids is 1. The Hall–Kier alpha value is -2.67. The molecule has 1 heterocycles. The van der Waals surface area contributed by atoms with Crippen LogP contribution in [-0.4, -0.2) is 18.1 Å². The van der Waals surface area contributed by atoms with Crippen molar-refractivity contribution in [1.29, 1.82) is 0 Å². The molecule has 1 aromatic heterocycles. The topological polar surface area (TPSA) is 48.4 Å². The minimum atomic E-state index is -0.756. The fraction of sp³-hybridized carbons (Fsp3) is 0.0476. The molecule has 0 aliphatic rings. The molecule has 0 N–H and O–H groups in total. The summed E-state index contributed by atoms with van der Waals surface area (Å²) in [7, 11) is 1.35. The van der Waals surface area contributed by atoms with Crippen LogP contribution in [0.5, 0.6) is 5.75 Å². The number of rotatable bonds is 6. The van der Waals surface area contributed by atoms with Gasteiger partial charge in [0.25, 0.3) is 0 Å². The number of hydrogen-bond donors (Lipinski definition) is 0. The van der Waals surface area contributed by atoms with E-state index in [0.717, 1.165) is 12.3 Å². The van der Waals surface area contributed by atoms with Crippen molar-refractivity contribution in [1.82, 2.24) is 4.98 Å². The summed E-state index contributed by atoms with van der Waals surface area (Å²) >= 11 is 13.2. The largest absolute Gasteiger partial charge is 0.503 e. The van der Waals surface area contributed by atoms with E-state index in [9.17, 15) is 9.18 Å². The molecule has 29 heavy (non-hydrogen) atoms. The highest BCUT2D eigenvalue weighted by Gasteiger charge is 2.15. The lowest BCUT2D eigenvalue weighted by Crippen LogP contribution is -2.10. The minimum absolute atomic E-state index is 0.0746. The Morgan fingerprint density at radius 2 is 1.90 bits per heavy atom. The molecule has 3 rings (SSSR count). The third kappa shape index (κ3) is 5.44. The molecule has 0 spiro atoms. The van der Waals surface area contributed by atoms with Gasteiger partial charge in [0, 0.05) is 10.9 Å². The van der Waals surface area contributed by atoms with E-state index in [-0.39, 0.29) is 11.3 Å². The first kappa shape index (κ1) is 21.0. The maximum absolute atomic E-state index is 14.7. The van der Waals surface area contributed by atoms with Crippen molar-refractivity contribution in [2.24, 2.45) is 0 Å². The predicted octanol–water partition coefficient (Wildman–Crippen LogP) is 6.56. The SMILES string of the molecule is COC=C(C=C(F)c1csc(-c2ccc(Cl)c(Cl)c2)n1)C(=O)Oc1ccccc1. The Labute approximate surface area is 180 Å². The minimum Gasteiger partial charge on any atom is -0.503 e. The summed E-state index contributed by atoms with van der Waals surface area (Å²) in [6, 6.07) is 13.5. The molecular weight excluding hydrogens is 436 g/mol. The Balaban J connectivity index is 1.82. The zero-order chi connectivity index (χ0) is 20.8. The number of benzene rings is 2. The average Bonchev–Trinajstić information content (AvgIpc) is 3.21. The van der Waals surface area contributed by atoms with Gasteiger partial charge in [-0.3, -0.25) is 0 Å². The number of halogens is 3. The number of thiazole rings is 1. The van der Waals surface area contributed by atoms with Crippen LogP contribution in [0.25, 0.3) is 16.4 Å². The predicted molar refractivity (Wildman–Crippen MR) is 114 cm³/mol. The van der Waals surface area contributed by atoms with Crippen molar-refractivity contribution in [2.45, 2.75) is 0 Å². The van der Waals surface area contributed by atoms with Crippen molar-refractivity contribution >= 4 is 46.3 Å². The van der Waals surface area contributed by atoms with Crippen molar-refractivity contribution in [3.8, 4) is 16.3 Å². The smallest absolute Gasteiger partial charge is 0.346 e. The molecule has 0 aliphatic carbocycles. The maximum Gasteiger partial charge on any atom is 0.346 e. The molecule has 0 unspecified atom stereocenters. The van der Waals surface area contributed by atoms with Gasteiger partial charge in [-0.25, -0.2) is 14.2 Å². The summed E-state index contributed by atoms with van der Waals surface area (Å²) in [4.78, 5) is 16.6. The molecule has 8 heteroatoms. The van der Waals surface area contributed by atoms with Crippen LogP contribution in [-0.2, 0) is 9.53 Å². The van der Waals surface area contributed by atoms with E-state index >= 15 is 0 Å². The molecule has 2 aromatic carbocycles. The summed E-state index contributed by atoms with van der Waals surface area (Å²) < 4.78 is 24.8. The molecule has 0 saturated carbocycles. The monoisotopic (exact) mass is 449 g/mol. The normalized spacial score (nSPS) is 12.0. The zero-order valence-corrected chi connectivity index (χ0v) is 17.4. The van der Waals surface area contributed by atoms with Gasteiger partial charge in [-0.1, -0.05) is 47.5 Å². The molecule has 0 bridgehead atoms. The van der Waals surface area contributed by atoms with Crippen LogP contribution < -0.4 is 4.74 Å². The Bertz CT molecular complexity index is 1080. The van der Waals surface area contributed by atoms with Gasteiger partial charge in [0.2, 0.25) is 0 Å². The lowest BCUT2D eigenvalue weighted by Gasteiger charge is -2.05. The van der Waals surface area contributed by atoms with Gasteiger partial charge in [0.15, 0.2) is 5.83 Å². The molecule has 0 radical (unpaired) electrons. The lowest BCUT2D eigenvalue weighted by molar-refractivity contribution is -0.129. The van der Waals surface area contributed by atoms with Gasteiger partial charge < -0.3 is 9.47 Å². The number of hydrogen-bond acceptors (Lipinski definition) is 5. The third-order valence-electron chi connectivity index (χ3n) is 3.63. The number of methoxy groups -OCH3 is 1. The van der Waals surface area contributed by atoms with E-state index < -0.39 is 11.8 Å². The van der Waals surface area contributed by atoms with Gasteiger partial charge in [0.05, 0.1) is 29.0 Å². The van der Waals surface area contributed by atoms with Crippen LogP contribution in [0, 0.1) is 0 Å². The quantitative estimate of drug-likeness (QED) is 0.140. The molecule has 148 valence electrons. The fourth-order valence-electron chi connectivity index (χ4n) is 2.28. The highest BCUT2D eigenvalue weighted by Crippen LogP contribution is 2.32. The lowest BCUT2D eigenvalue weighted by atomic mass is 10.2. The summed E-state index contributed by atoms with van der Waals surface area (Å²) in [6.45, 7) is 0. The highest BCUT2D eigenvalue weighted by atomic mass is 35.5. The van der Waals surface area contributed by atoms with Gasteiger partial charge in [0.1, 0.15) is 16.5 Å². The van der Waals surface area contributed by atoms with Crippen LogP contribution in [0.3, 0.4) is 0 Å². The van der Waals surface area contributed by atoms with Crippen LogP contribution in [0.4, 0.5) is 4.39 Å². The number of esters is 1. The van der Waals surface area contributed by atoms with Crippen LogP contribution in [0.1, 0.15) is 5.69 Å². The second-order valence-electron chi connectivity index (χ2n) is 5.67. The molecule has 0 atom stereocenters. The van der Waals surface area contributed by atoms with Crippen molar-refractivity contribution in [2.75, 3.05) is 7.11 Å². The second kappa shape index (κ2) is 9.69. The van der Waals surface area contributed by atoms with E-state index in [1.54, 1.807) is 48.5 Å². The molecule has 0 aliphatic heterocycles. The standard InChI is InChI=1S/C21H14Cl2FNO3S/c1-27-11-14(21(26)28-15-5-3-2-4-6-15)10-18(24)19-12-29-20(25-19)13-7-8-16(22)17(23)9-13/h2-12H,1H3. The number of nitrogens with zero attached hydrogens (tertiary/aromatic N) is 1. The molecule has 0 fully saturated rings. The first-order valence-electron chi connectivity index (χ1n) is 8.26. The summed E-state index contributed by atoms with van der Waals surface area (Å²) in [5, 5.41) is 2.90. The molecule has 0 saturated heterocycles. The number of carbonyl (C=O) groups is 1. The summed E-state index contributed by atoms with van der Waals surface area (Å²) in [6.07, 6.45) is 2.12.